The normalized spacial score (nSPS) is 12.6. The van der Waals surface area contributed by atoms with Crippen molar-refractivity contribution in [3.8, 4) is 11.5 Å². The molecule has 0 saturated heterocycles. The zero-order chi connectivity index (χ0) is 15.8. The minimum absolute atomic E-state index is 0.0328. The van der Waals surface area contributed by atoms with Crippen LogP contribution in [0.5, 0.6) is 0 Å². The van der Waals surface area contributed by atoms with Crippen LogP contribution in [0.4, 0.5) is 18.9 Å². The number of hydrogen-bond acceptors (Lipinski definition) is 6. The van der Waals surface area contributed by atoms with E-state index in [9.17, 15) is 21.6 Å². The third-order valence-electron chi connectivity index (χ3n) is 2.39. The Morgan fingerprint density at radius 2 is 1.95 bits per heavy atom. The molecule has 0 amide bonds. The maximum absolute atomic E-state index is 12.7. The Balaban J connectivity index is 2.41. The first-order chi connectivity index (χ1) is 9.54. The zero-order valence-electron chi connectivity index (χ0n) is 10.7. The van der Waals surface area contributed by atoms with Crippen LogP contribution in [0.2, 0.25) is 0 Å². The summed E-state index contributed by atoms with van der Waals surface area (Å²) < 4.78 is 65.0. The molecular formula is C11H10F3N3O3S. The van der Waals surface area contributed by atoms with Gasteiger partial charge in [0.05, 0.1) is 5.56 Å². The molecule has 0 spiro atoms. The standard InChI is InChI=1S/C11H10F3N3O3S/c1-21(18,19)5-9-16-10(20-17-9)6-2-7(11(12,13)14)4-8(15)3-6/h2-4H,5,15H2,1H3. The van der Waals surface area contributed by atoms with E-state index >= 15 is 0 Å². The zero-order valence-corrected chi connectivity index (χ0v) is 11.5. The Morgan fingerprint density at radius 1 is 1.29 bits per heavy atom. The molecule has 1 heterocycles. The van der Waals surface area contributed by atoms with Crippen LogP contribution in [0.15, 0.2) is 22.7 Å². The van der Waals surface area contributed by atoms with E-state index in [1.54, 1.807) is 0 Å². The first-order valence-corrected chi connectivity index (χ1v) is 7.59. The first kappa shape index (κ1) is 15.3. The third-order valence-corrected chi connectivity index (χ3v) is 3.17. The first-order valence-electron chi connectivity index (χ1n) is 5.53. The lowest BCUT2D eigenvalue weighted by Gasteiger charge is -2.08. The Bertz CT molecular complexity index is 769. The Labute approximate surface area is 117 Å². The minimum atomic E-state index is -4.57. The fourth-order valence-corrected chi connectivity index (χ4v) is 2.19. The average Bonchev–Trinajstić information content (AvgIpc) is 2.73. The highest BCUT2D eigenvalue weighted by Crippen LogP contribution is 2.33. The lowest BCUT2D eigenvalue weighted by molar-refractivity contribution is -0.137. The van der Waals surface area contributed by atoms with Gasteiger partial charge in [0.1, 0.15) is 5.75 Å². The molecule has 0 aliphatic carbocycles. The van der Waals surface area contributed by atoms with Crippen LogP contribution in [0.3, 0.4) is 0 Å². The second-order valence-electron chi connectivity index (χ2n) is 4.43. The van der Waals surface area contributed by atoms with E-state index in [2.05, 4.69) is 10.1 Å². The predicted molar refractivity (Wildman–Crippen MR) is 67.7 cm³/mol. The SMILES string of the molecule is CS(=O)(=O)Cc1noc(-c2cc(N)cc(C(F)(F)F)c2)n1. The fraction of sp³-hybridized carbons (Fsp3) is 0.273. The Morgan fingerprint density at radius 3 is 2.52 bits per heavy atom. The molecule has 2 aromatic rings. The smallest absolute Gasteiger partial charge is 0.399 e. The quantitative estimate of drug-likeness (QED) is 0.867. The van der Waals surface area contributed by atoms with Gasteiger partial charge in [-0.05, 0) is 18.2 Å². The second kappa shape index (κ2) is 5.02. The summed E-state index contributed by atoms with van der Waals surface area (Å²) in [6, 6.07) is 2.80. The van der Waals surface area contributed by atoms with Crippen LogP contribution in [-0.2, 0) is 21.8 Å². The molecule has 0 aliphatic rings. The molecule has 2 rings (SSSR count). The summed E-state index contributed by atoms with van der Waals surface area (Å²) in [4.78, 5) is 3.75. The number of benzene rings is 1. The van der Waals surface area contributed by atoms with Gasteiger partial charge in [-0.3, -0.25) is 0 Å². The lowest BCUT2D eigenvalue weighted by Crippen LogP contribution is -2.06. The molecule has 0 bridgehead atoms. The molecule has 1 aromatic heterocycles. The number of alkyl halides is 3. The molecule has 21 heavy (non-hydrogen) atoms. The van der Waals surface area contributed by atoms with Crippen molar-refractivity contribution in [2.45, 2.75) is 11.9 Å². The van der Waals surface area contributed by atoms with Crippen molar-refractivity contribution in [1.29, 1.82) is 0 Å². The molecule has 0 fully saturated rings. The predicted octanol–water partition coefficient (Wildman–Crippen LogP) is 1.88. The van der Waals surface area contributed by atoms with Crippen LogP contribution in [0.1, 0.15) is 11.4 Å². The molecule has 0 aliphatic heterocycles. The summed E-state index contributed by atoms with van der Waals surface area (Å²) in [5.41, 5.74) is 4.30. The van der Waals surface area contributed by atoms with Crippen molar-refractivity contribution < 1.29 is 26.1 Å². The number of hydrogen-bond donors (Lipinski definition) is 1. The van der Waals surface area contributed by atoms with E-state index in [1.165, 1.54) is 6.07 Å². The van der Waals surface area contributed by atoms with Crippen molar-refractivity contribution in [3.05, 3.63) is 29.6 Å². The van der Waals surface area contributed by atoms with E-state index in [0.29, 0.717) is 0 Å². The minimum Gasteiger partial charge on any atom is -0.399 e. The van der Waals surface area contributed by atoms with E-state index in [1.807, 2.05) is 0 Å². The van der Waals surface area contributed by atoms with Gasteiger partial charge in [0, 0.05) is 17.5 Å². The fourth-order valence-electron chi connectivity index (χ4n) is 1.60. The number of nitrogens with two attached hydrogens (primary N) is 1. The van der Waals surface area contributed by atoms with E-state index in [4.69, 9.17) is 10.3 Å². The summed E-state index contributed by atoms with van der Waals surface area (Å²) in [5, 5.41) is 3.41. The van der Waals surface area contributed by atoms with Crippen LogP contribution < -0.4 is 5.73 Å². The van der Waals surface area contributed by atoms with Gasteiger partial charge in [0.15, 0.2) is 15.7 Å². The molecule has 0 atom stereocenters. The molecule has 1 aromatic carbocycles. The van der Waals surface area contributed by atoms with Crippen molar-refractivity contribution in [2.75, 3.05) is 12.0 Å². The van der Waals surface area contributed by atoms with Crippen LogP contribution in [0, 0.1) is 0 Å². The van der Waals surface area contributed by atoms with Gasteiger partial charge >= 0.3 is 6.18 Å². The number of nitrogen functional groups attached to an aromatic ring is 1. The number of halogens is 3. The monoisotopic (exact) mass is 321 g/mol. The third kappa shape index (κ3) is 3.94. The lowest BCUT2D eigenvalue weighted by atomic mass is 10.1. The molecule has 0 saturated carbocycles. The number of nitrogens with zero attached hydrogens (tertiary/aromatic N) is 2. The Hall–Kier alpha value is -2.10. The number of anilines is 1. The van der Waals surface area contributed by atoms with Gasteiger partial charge in [-0.2, -0.15) is 18.2 Å². The van der Waals surface area contributed by atoms with E-state index in [0.717, 1.165) is 18.4 Å². The topological polar surface area (TPSA) is 99.1 Å². The van der Waals surface area contributed by atoms with E-state index < -0.39 is 27.3 Å². The highest BCUT2D eigenvalue weighted by Gasteiger charge is 2.31. The van der Waals surface area contributed by atoms with Gasteiger partial charge in [-0.1, -0.05) is 5.16 Å². The highest BCUT2D eigenvalue weighted by atomic mass is 32.2. The average molecular weight is 321 g/mol. The second-order valence-corrected chi connectivity index (χ2v) is 6.57. The summed E-state index contributed by atoms with van der Waals surface area (Å²) in [5.74, 6) is -0.833. The molecule has 10 heteroatoms. The molecule has 0 radical (unpaired) electrons. The molecule has 0 unspecified atom stereocenters. The van der Waals surface area contributed by atoms with Crippen molar-refractivity contribution in [1.82, 2.24) is 10.1 Å². The van der Waals surface area contributed by atoms with Crippen LogP contribution in [-0.4, -0.2) is 24.8 Å². The van der Waals surface area contributed by atoms with Crippen LogP contribution >= 0.6 is 0 Å². The number of aromatic nitrogens is 2. The van der Waals surface area contributed by atoms with Crippen LogP contribution in [0.25, 0.3) is 11.5 Å². The largest absolute Gasteiger partial charge is 0.416 e. The van der Waals surface area contributed by atoms with Gasteiger partial charge < -0.3 is 10.3 Å². The molecular weight excluding hydrogens is 311 g/mol. The summed E-state index contributed by atoms with van der Waals surface area (Å²) in [6.07, 6.45) is -3.59. The van der Waals surface area contributed by atoms with Gasteiger partial charge in [-0.15, -0.1) is 0 Å². The van der Waals surface area contributed by atoms with Crippen molar-refractivity contribution in [2.24, 2.45) is 0 Å². The maximum atomic E-state index is 12.7. The maximum Gasteiger partial charge on any atom is 0.416 e. The molecule has 114 valence electrons. The van der Waals surface area contributed by atoms with Gasteiger partial charge in [0.25, 0.3) is 5.89 Å². The molecule has 2 N–H and O–H groups in total. The highest BCUT2D eigenvalue weighted by molar-refractivity contribution is 7.89. The summed E-state index contributed by atoms with van der Waals surface area (Å²) in [6.45, 7) is 0. The van der Waals surface area contributed by atoms with Crippen molar-refractivity contribution >= 4 is 15.5 Å². The summed E-state index contributed by atoms with van der Waals surface area (Å²) >= 11 is 0. The summed E-state index contributed by atoms with van der Waals surface area (Å²) in [7, 11) is -3.38. The van der Waals surface area contributed by atoms with Gasteiger partial charge in [-0.25, -0.2) is 8.42 Å². The van der Waals surface area contributed by atoms with Gasteiger partial charge in [0.2, 0.25) is 0 Å². The van der Waals surface area contributed by atoms with E-state index in [-0.39, 0.29) is 23.0 Å². The number of rotatable bonds is 3. The van der Waals surface area contributed by atoms with Crippen molar-refractivity contribution in [3.63, 3.8) is 0 Å². The molecule has 6 nitrogen and oxygen atoms in total. The number of sulfone groups is 1. The Kier molecular flexibility index (Phi) is 3.66.